The summed E-state index contributed by atoms with van der Waals surface area (Å²) in [5.74, 6) is -1.34. The van der Waals surface area contributed by atoms with Crippen molar-refractivity contribution < 1.29 is 9.90 Å². The van der Waals surface area contributed by atoms with Gasteiger partial charge in [-0.15, -0.1) is 0 Å². The predicted octanol–water partition coefficient (Wildman–Crippen LogP) is 2.03. The molecule has 0 amide bonds. The fourth-order valence-electron chi connectivity index (χ4n) is 1.52. The number of thiol groups is 1. The standard InChI is InChI=1S/C11H22O2S/c1-3-4-5-6-7-8-10(9(2)14)11(12)13/h9-10,14H,3-8H2,1-2H3,(H,12,13)/p-1. The quantitative estimate of drug-likeness (QED) is 0.499. The minimum atomic E-state index is -0.956. The van der Waals surface area contributed by atoms with Crippen molar-refractivity contribution in [3.8, 4) is 0 Å². The van der Waals surface area contributed by atoms with Crippen LogP contribution in [0, 0.1) is 5.92 Å². The molecule has 0 aliphatic heterocycles. The number of carbonyl (C=O) groups excluding carboxylic acids is 1. The molecule has 0 bridgehead atoms. The van der Waals surface area contributed by atoms with Gasteiger partial charge in [-0.1, -0.05) is 46.0 Å². The second kappa shape index (κ2) is 8.16. The van der Waals surface area contributed by atoms with Crippen LogP contribution in [0.3, 0.4) is 0 Å². The molecule has 3 heteroatoms. The SMILES string of the molecule is CCCCCCCC(C(=O)[O-])C(C)S. The van der Waals surface area contributed by atoms with Crippen molar-refractivity contribution in [3.63, 3.8) is 0 Å². The fourth-order valence-corrected chi connectivity index (χ4v) is 1.79. The Bertz CT molecular complexity index is 157. The molecule has 0 aliphatic rings. The molecule has 0 saturated carbocycles. The van der Waals surface area contributed by atoms with Gasteiger partial charge in [-0.05, 0) is 6.42 Å². The van der Waals surface area contributed by atoms with E-state index >= 15 is 0 Å². The summed E-state index contributed by atoms with van der Waals surface area (Å²) in [5.41, 5.74) is 0. The summed E-state index contributed by atoms with van der Waals surface area (Å²) < 4.78 is 0. The Morgan fingerprint density at radius 2 is 1.86 bits per heavy atom. The summed E-state index contributed by atoms with van der Waals surface area (Å²) in [6.07, 6.45) is 6.47. The molecule has 0 N–H and O–H groups in total. The van der Waals surface area contributed by atoms with Gasteiger partial charge in [0.2, 0.25) is 0 Å². The molecule has 0 aromatic carbocycles. The minimum Gasteiger partial charge on any atom is -0.550 e. The van der Waals surface area contributed by atoms with Crippen molar-refractivity contribution >= 4 is 18.6 Å². The maximum Gasteiger partial charge on any atom is 0.0456 e. The first-order chi connectivity index (χ1) is 6.59. The molecule has 0 fully saturated rings. The predicted molar refractivity (Wildman–Crippen MR) is 60.3 cm³/mol. The molecule has 0 aliphatic carbocycles. The fraction of sp³-hybridized carbons (Fsp3) is 0.909. The Morgan fingerprint density at radius 1 is 1.29 bits per heavy atom. The van der Waals surface area contributed by atoms with Crippen LogP contribution in [0.5, 0.6) is 0 Å². The van der Waals surface area contributed by atoms with Crippen LogP contribution in [0.2, 0.25) is 0 Å². The van der Waals surface area contributed by atoms with Crippen LogP contribution in [0.25, 0.3) is 0 Å². The zero-order valence-electron chi connectivity index (χ0n) is 9.16. The topological polar surface area (TPSA) is 40.1 Å². The van der Waals surface area contributed by atoms with Gasteiger partial charge in [-0.2, -0.15) is 12.6 Å². The highest BCUT2D eigenvalue weighted by Crippen LogP contribution is 2.17. The normalized spacial score (nSPS) is 15.1. The third-order valence-electron chi connectivity index (χ3n) is 2.50. The first-order valence-corrected chi connectivity index (χ1v) is 6.00. The van der Waals surface area contributed by atoms with Crippen LogP contribution in [-0.4, -0.2) is 11.2 Å². The van der Waals surface area contributed by atoms with Crippen LogP contribution in [0.1, 0.15) is 52.4 Å². The lowest BCUT2D eigenvalue weighted by Gasteiger charge is -2.20. The number of unbranched alkanes of at least 4 members (excludes halogenated alkanes) is 4. The third kappa shape index (κ3) is 6.30. The average Bonchev–Trinajstić information content (AvgIpc) is 2.09. The van der Waals surface area contributed by atoms with Gasteiger partial charge in [0.25, 0.3) is 0 Å². The lowest BCUT2D eigenvalue weighted by Crippen LogP contribution is -2.35. The van der Waals surface area contributed by atoms with Crippen molar-refractivity contribution in [2.45, 2.75) is 57.6 Å². The Hall–Kier alpha value is -0.180. The number of aliphatic carboxylic acids is 1. The van der Waals surface area contributed by atoms with Gasteiger partial charge in [0.15, 0.2) is 0 Å². The van der Waals surface area contributed by atoms with E-state index in [9.17, 15) is 9.90 Å². The number of hydrogen-bond donors (Lipinski definition) is 1. The molecular weight excluding hydrogens is 196 g/mol. The van der Waals surface area contributed by atoms with Gasteiger partial charge in [0.1, 0.15) is 0 Å². The van der Waals surface area contributed by atoms with Gasteiger partial charge in [0, 0.05) is 17.1 Å². The smallest absolute Gasteiger partial charge is 0.0456 e. The van der Waals surface area contributed by atoms with E-state index < -0.39 is 5.97 Å². The van der Waals surface area contributed by atoms with Gasteiger partial charge in [-0.3, -0.25) is 0 Å². The summed E-state index contributed by atoms with van der Waals surface area (Å²) in [7, 11) is 0. The molecule has 0 aromatic rings. The van der Waals surface area contributed by atoms with Crippen LogP contribution < -0.4 is 5.11 Å². The molecule has 0 rings (SSSR count). The van der Waals surface area contributed by atoms with E-state index in [0.29, 0.717) is 6.42 Å². The van der Waals surface area contributed by atoms with Crippen LogP contribution in [-0.2, 0) is 4.79 Å². The molecule has 2 unspecified atom stereocenters. The van der Waals surface area contributed by atoms with Crippen molar-refractivity contribution in [1.82, 2.24) is 0 Å². The third-order valence-corrected chi connectivity index (χ3v) is 2.86. The summed E-state index contributed by atoms with van der Waals surface area (Å²) in [6.45, 7) is 3.98. The molecule has 2 atom stereocenters. The first-order valence-electron chi connectivity index (χ1n) is 5.48. The first kappa shape index (κ1) is 13.8. The number of carboxylic acid groups (broad SMARTS) is 1. The molecule has 0 heterocycles. The largest absolute Gasteiger partial charge is 0.550 e. The molecule has 0 saturated heterocycles. The Morgan fingerprint density at radius 3 is 2.29 bits per heavy atom. The lowest BCUT2D eigenvalue weighted by atomic mass is 9.98. The Balaban J connectivity index is 3.57. The molecule has 2 nitrogen and oxygen atoms in total. The monoisotopic (exact) mass is 217 g/mol. The minimum absolute atomic E-state index is 0.105. The van der Waals surface area contributed by atoms with E-state index in [1.54, 1.807) is 0 Å². The van der Waals surface area contributed by atoms with E-state index in [4.69, 9.17) is 0 Å². The van der Waals surface area contributed by atoms with Crippen molar-refractivity contribution in [2.24, 2.45) is 5.92 Å². The average molecular weight is 217 g/mol. The second-order valence-electron chi connectivity index (χ2n) is 3.87. The lowest BCUT2D eigenvalue weighted by molar-refractivity contribution is -0.311. The molecule has 0 radical (unpaired) electrons. The van der Waals surface area contributed by atoms with Crippen LogP contribution in [0.4, 0.5) is 0 Å². The van der Waals surface area contributed by atoms with Crippen LogP contribution >= 0.6 is 12.6 Å². The highest BCUT2D eigenvalue weighted by Gasteiger charge is 2.14. The molecule has 0 aromatic heterocycles. The van der Waals surface area contributed by atoms with Crippen molar-refractivity contribution in [1.29, 1.82) is 0 Å². The van der Waals surface area contributed by atoms with Crippen molar-refractivity contribution in [3.05, 3.63) is 0 Å². The van der Waals surface area contributed by atoms with E-state index in [1.807, 2.05) is 6.92 Å². The highest BCUT2D eigenvalue weighted by molar-refractivity contribution is 7.81. The van der Waals surface area contributed by atoms with Crippen LogP contribution in [0.15, 0.2) is 0 Å². The van der Waals surface area contributed by atoms with E-state index in [-0.39, 0.29) is 11.2 Å². The molecular formula is C11H21O2S-. The molecule has 0 spiro atoms. The second-order valence-corrected chi connectivity index (χ2v) is 4.68. The zero-order valence-corrected chi connectivity index (χ0v) is 10.1. The van der Waals surface area contributed by atoms with Gasteiger partial charge >= 0.3 is 0 Å². The Labute approximate surface area is 92.5 Å². The Kier molecular flexibility index (Phi) is 8.05. The molecule has 84 valence electrons. The summed E-state index contributed by atoms with van der Waals surface area (Å²) in [4.78, 5) is 10.7. The summed E-state index contributed by atoms with van der Waals surface area (Å²) >= 11 is 4.16. The zero-order chi connectivity index (χ0) is 11.0. The van der Waals surface area contributed by atoms with Gasteiger partial charge in [0.05, 0.1) is 0 Å². The highest BCUT2D eigenvalue weighted by atomic mass is 32.1. The molecule has 14 heavy (non-hydrogen) atoms. The maximum atomic E-state index is 10.7. The summed E-state index contributed by atoms with van der Waals surface area (Å²) in [5, 5.41) is 10.6. The summed E-state index contributed by atoms with van der Waals surface area (Å²) in [6, 6.07) is 0. The number of carboxylic acids is 1. The number of rotatable bonds is 8. The maximum absolute atomic E-state index is 10.7. The van der Waals surface area contributed by atoms with E-state index in [0.717, 1.165) is 12.8 Å². The van der Waals surface area contributed by atoms with Gasteiger partial charge in [-0.25, -0.2) is 0 Å². The van der Waals surface area contributed by atoms with E-state index in [1.165, 1.54) is 19.3 Å². The van der Waals surface area contributed by atoms with E-state index in [2.05, 4.69) is 19.6 Å². The van der Waals surface area contributed by atoms with Gasteiger partial charge < -0.3 is 9.90 Å². The number of carbonyl (C=O) groups is 1. The van der Waals surface area contributed by atoms with Crippen molar-refractivity contribution in [2.75, 3.05) is 0 Å². The number of hydrogen-bond acceptors (Lipinski definition) is 3.